The summed E-state index contributed by atoms with van der Waals surface area (Å²) in [5.74, 6) is -0.282. The molecule has 1 N–H and O–H groups in total. The van der Waals surface area contributed by atoms with E-state index in [1.807, 2.05) is 47.5 Å². The van der Waals surface area contributed by atoms with Crippen molar-refractivity contribution in [3.8, 4) is 21.7 Å². The molecule has 0 aliphatic heterocycles. The van der Waals surface area contributed by atoms with Crippen LogP contribution in [-0.4, -0.2) is 14.7 Å². The van der Waals surface area contributed by atoms with Gasteiger partial charge in [0.1, 0.15) is 11.9 Å². The van der Waals surface area contributed by atoms with E-state index in [4.69, 9.17) is 0 Å². The van der Waals surface area contributed by atoms with Crippen LogP contribution in [0.1, 0.15) is 17.2 Å². The molecule has 3 heterocycles. The molecule has 0 aliphatic carbocycles. The Morgan fingerprint density at radius 1 is 1.12 bits per heavy atom. The van der Waals surface area contributed by atoms with Gasteiger partial charge in [-0.2, -0.15) is 0 Å². The minimum atomic E-state index is -0.831. The normalized spacial score (nSPS) is 12.3. The van der Waals surface area contributed by atoms with Crippen LogP contribution >= 0.6 is 11.3 Å². The van der Waals surface area contributed by atoms with E-state index in [-0.39, 0.29) is 5.82 Å². The van der Waals surface area contributed by atoms with Crippen LogP contribution in [0, 0.1) is 5.82 Å². The number of pyridine rings is 1. The first kappa shape index (κ1) is 16.7. The molecule has 0 saturated carbocycles. The Balaban J connectivity index is 1.95. The molecule has 130 valence electrons. The van der Waals surface area contributed by atoms with Gasteiger partial charge in [-0.1, -0.05) is 12.1 Å². The minimum absolute atomic E-state index is 0.282. The van der Waals surface area contributed by atoms with Gasteiger partial charge in [-0.05, 0) is 47.3 Å². The zero-order valence-corrected chi connectivity index (χ0v) is 14.9. The van der Waals surface area contributed by atoms with Crippen LogP contribution < -0.4 is 0 Å². The van der Waals surface area contributed by atoms with Gasteiger partial charge >= 0.3 is 0 Å². The van der Waals surface area contributed by atoms with Crippen molar-refractivity contribution >= 4 is 11.3 Å². The van der Waals surface area contributed by atoms with E-state index < -0.39 is 6.10 Å². The van der Waals surface area contributed by atoms with Gasteiger partial charge in [0.25, 0.3) is 0 Å². The number of aryl methyl sites for hydroxylation is 1. The first-order chi connectivity index (χ1) is 12.6. The molecule has 0 fully saturated rings. The Labute approximate surface area is 155 Å². The fourth-order valence-electron chi connectivity index (χ4n) is 3.22. The first-order valence-corrected chi connectivity index (χ1v) is 9.10. The lowest BCUT2D eigenvalue weighted by Crippen LogP contribution is -2.03. The van der Waals surface area contributed by atoms with E-state index in [9.17, 15) is 9.50 Å². The highest BCUT2D eigenvalue weighted by Crippen LogP contribution is 2.41. The van der Waals surface area contributed by atoms with Gasteiger partial charge in [0.15, 0.2) is 0 Å². The molecule has 1 unspecified atom stereocenters. The summed E-state index contributed by atoms with van der Waals surface area (Å²) in [6.45, 7) is 0. The van der Waals surface area contributed by atoms with Gasteiger partial charge in [-0.25, -0.2) is 4.39 Å². The fourth-order valence-corrected chi connectivity index (χ4v) is 3.97. The summed E-state index contributed by atoms with van der Waals surface area (Å²) in [4.78, 5) is 5.21. The van der Waals surface area contributed by atoms with Crippen LogP contribution in [0.15, 0.2) is 72.5 Å². The number of aliphatic hydroxyl groups excluding tert-OH is 1. The van der Waals surface area contributed by atoms with E-state index in [2.05, 4.69) is 4.98 Å². The molecule has 0 saturated heterocycles. The number of nitrogens with zero attached hydrogens (tertiary/aromatic N) is 2. The number of benzene rings is 1. The molecule has 0 aliphatic rings. The van der Waals surface area contributed by atoms with E-state index in [1.54, 1.807) is 35.9 Å². The van der Waals surface area contributed by atoms with Crippen LogP contribution in [0.3, 0.4) is 0 Å². The Bertz CT molecular complexity index is 1010. The SMILES string of the molecule is Cn1cc(-c2cccs2)c(C(O)c2cccnc2)c1-c1ccc(F)cc1. The zero-order valence-electron chi connectivity index (χ0n) is 14.1. The summed E-state index contributed by atoms with van der Waals surface area (Å²) in [5.41, 5.74) is 4.21. The summed E-state index contributed by atoms with van der Waals surface area (Å²) in [5, 5.41) is 13.2. The second-order valence-electron chi connectivity index (χ2n) is 6.09. The summed E-state index contributed by atoms with van der Waals surface area (Å²) >= 11 is 1.62. The molecule has 5 heteroatoms. The molecule has 0 bridgehead atoms. The average molecular weight is 364 g/mol. The van der Waals surface area contributed by atoms with Crippen LogP contribution in [-0.2, 0) is 7.05 Å². The van der Waals surface area contributed by atoms with Crippen LogP contribution in [0.25, 0.3) is 21.7 Å². The highest BCUT2D eigenvalue weighted by Gasteiger charge is 2.25. The van der Waals surface area contributed by atoms with E-state index in [1.165, 1.54) is 12.1 Å². The smallest absolute Gasteiger partial charge is 0.123 e. The van der Waals surface area contributed by atoms with Gasteiger partial charge in [-0.15, -0.1) is 11.3 Å². The van der Waals surface area contributed by atoms with Crippen molar-refractivity contribution in [3.05, 3.63) is 89.4 Å². The lowest BCUT2D eigenvalue weighted by molar-refractivity contribution is 0.221. The molecular formula is C21H17FN2OS. The highest BCUT2D eigenvalue weighted by atomic mass is 32.1. The molecule has 3 aromatic heterocycles. The maximum atomic E-state index is 13.4. The summed E-state index contributed by atoms with van der Waals surface area (Å²) in [7, 11) is 1.94. The van der Waals surface area contributed by atoms with Crippen molar-refractivity contribution < 1.29 is 9.50 Å². The number of hydrogen-bond acceptors (Lipinski definition) is 3. The second-order valence-corrected chi connectivity index (χ2v) is 7.04. The molecule has 0 spiro atoms. The topological polar surface area (TPSA) is 38.0 Å². The van der Waals surface area contributed by atoms with E-state index in [0.29, 0.717) is 0 Å². The Morgan fingerprint density at radius 2 is 1.92 bits per heavy atom. The molecule has 26 heavy (non-hydrogen) atoms. The molecular weight excluding hydrogens is 347 g/mol. The van der Waals surface area contributed by atoms with Crippen molar-refractivity contribution in [2.24, 2.45) is 7.05 Å². The number of aromatic nitrogens is 2. The zero-order chi connectivity index (χ0) is 18.1. The van der Waals surface area contributed by atoms with E-state index in [0.717, 1.165) is 32.8 Å². The predicted molar refractivity (Wildman–Crippen MR) is 102 cm³/mol. The highest BCUT2D eigenvalue weighted by molar-refractivity contribution is 7.13. The molecule has 4 aromatic rings. The molecule has 0 amide bonds. The van der Waals surface area contributed by atoms with Gasteiger partial charge in [0.05, 0.1) is 5.69 Å². The van der Waals surface area contributed by atoms with Crippen LogP contribution in [0.2, 0.25) is 0 Å². The fraction of sp³-hybridized carbons (Fsp3) is 0.0952. The number of rotatable bonds is 4. The molecule has 3 nitrogen and oxygen atoms in total. The lowest BCUT2D eigenvalue weighted by Gasteiger charge is -2.15. The quantitative estimate of drug-likeness (QED) is 0.551. The summed E-state index contributed by atoms with van der Waals surface area (Å²) in [6.07, 6.45) is 4.54. The van der Waals surface area contributed by atoms with Crippen molar-refractivity contribution in [1.82, 2.24) is 9.55 Å². The van der Waals surface area contributed by atoms with Crippen molar-refractivity contribution in [2.75, 3.05) is 0 Å². The minimum Gasteiger partial charge on any atom is -0.383 e. The van der Waals surface area contributed by atoms with Gasteiger partial charge < -0.3 is 9.67 Å². The van der Waals surface area contributed by atoms with Gasteiger partial charge in [0, 0.05) is 47.2 Å². The third-order valence-corrected chi connectivity index (χ3v) is 5.30. The van der Waals surface area contributed by atoms with Crippen molar-refractivity contribution in [2.45, 2.75) is 6.10 Å². The average Bonchev–Trinajstić information content (AvgIpc) is 3.30. The Morgan fingerprint density at radius 3 is 2.58 bits per heavy atom. The number of hydrogen-bond donors (Lipinski definition) is 1. The maximum absolute atomic E-state index is 13.4. The van der Waals surface area contributed by atoms with Crippen LogP contribution in [0.4, 0.5) is 4.39 Å². The summed E-state index contributed by atoms with van der Waals surface area (Å²) < 4.78 is 15.4. The standard InChI is InChI=1S/C21H17FN2OS/c1-24-13-17(18-5-3-11-26-18)19(21(25)15-4-2-10-23-12-15)20(24)14-6-8-16(22)9-7-14/h2-13,21,25H,1H3. The van der Waals surface area contributed by atoms with Gasteiger partial charge in [0.2, 0.25) is 0 Å². The summed E-state index contributed by atoms with van der Waals surface area (Å²) in [6, 6.07) is 14.0. The molecule has 1 aromatic carbocycles. The lowest BCUT2D eigenvalue weighted by atomic mass is 9.95. The maximum Gasteiger partial charge on any atom is 0.123 e. The van der Waals surface area contributed by atoms with Crippen LogP contribution in [0.5, 0.6) is 0 Å². The number of aliphatic hydroxyl groups is 1. The van der Waals surface area contributed by atoms with Gasteiger partial charge in [-0.3, -0.25) is 4.98 Å². The van der Waals surface area contributed by atoms with E-state index >= 15 is 0 Å². The third kappa shape index (κ3) is 2.96. The molecule has 1 atom stereocenters. The van der Waals surface area contributed by atoms with Crippen molar-refractivity contribution in [1.29, 1.82) is 0 Å². The molecule has 4 rings (SSSR count). The molecule has 0 radical (unpaired) electrons. The number of thiophene rings is 1. The van der Waals surface area contributed by atoms with Crippen molar-refractivity contribution in [3.63, 3.8) is 0 Å². The monoisotopic (exact) mass is 364 g/mol. The number of halogens is 1. The Hall–Kier alpha value is -2.76. The third-order valence-electron chi connectivity index (χ3n) is 4.40. The second kappa shape index (κ2) is 6.86. The predicted octanol–water partition coefficient (Wildman–Crippen LogP) is 5.04. The largest absolute Gasteiger partial charge is 0.383 e. The first-order valence-electron chi connectivity index (χ1n) is 8.22. The Kier molecular flexibility index (Phi) is 4.41.